The van der Waals surface area contributed by atoms with Gasteiger partial charge < -0.3 is 10.1 Å². The van der Waals surface area contributed by atoms with Crippen LogP contribution in [0.3, 0.4) is 0 Å². The zero-order valence-electron chi connectivity index (χ0n) is 11.5. The molecular formula is C16H22BrNO. The molecule has 1 aromatic rings. The summed E-state index contributed by atoms with van der Waals surface area (Å²) in [5.74, 6) is 1.05. The fourth-order valence-corrected chi connectivity index (χ4v) is 3.52. The van der Waals surface area contributed by atoms with Gasteiger partial charge in [0.15, 0.2) is 0 Å². The fraction of sp³-hybridized carbons (Fsp3) is 0.625. The highest BCUT2D eigenvalue weighted by Crippen LogP contribution is 2.49. The Balaban J connectivity index is 1.68. The van der Waals surface area contributed by atoms with Gasteiger partial charge in [0.1, 0.15) is 5.75 Å². The van der Waals surface area contributed by atoms with Crippen LogP contribution in [0.15, 0.2) is 22.7 Å². The molecule has 1 fully saturated rings. The lowest BCUT2D eigenvalue weighted by atomic mass is 9.97. The van der Waals surface area contributed by atoms with Crippen molar-refractivity contribution in [3.05, 3.63) is 28.2 Å². The summed E-state index contributed by atoms with van der Waals surface area (Å²) in [4.78, 5) is 0. The van der Waals surface area contributed by atoms with Gasteiger partial charge in [0, 0.05) is 29.0 Å². The highest BCUT2D eigenvalue weighted by Gasteiger charge is 2.41. The van der Waals surface area contributed by atoms with Gasteiger partial charge in [0.05, 0.1) is 6.61 Å². The number of ether oxygens (including phenoxy) is 1. The summed E-state index contributed by atoms with van der Waals surface area (Å²) in [6.07, 6.45) is 6.56. The van der Waals surface area contributed by atoms with Crippen molar-refractivity contribution in [3.8, 4) is 5.75 Å². The Bertz CT molecular complexity index is 456. The fourth-order valence-electron chi connectivity index (χ4n) is 3.14. The third-order valence-corrected chi connectivity index (χ3v) is 4.97. The Labute approximate surface area is 124 Å². The van der Waals surface area contributed by atoms with Gasteiger partial charge in [-0.2, -0.15) is 0 Å². The molecule has 0 spiro atoms. The molecule has 104 valence electrons. The molecule has 2 aliphatic rings. The molecule has 0 bridgehead atoms. The van der Waals surface area contributed by atoms with Crippen molar-refractivity contribution >= 4 is 15.9 Å². The zero-order chi connectivity index (χ0) is 13.3. The third-order valence-electron chi connectivity index (χ3n) is 4.47. The van der Waals surface area contributed by atoms with Crippen LogP contribution >= 0.6 is 15.9 Å². The van der Waals surface area contributed by atoms with Crippen LogP contribution in [0.25, 0.3) is 0 Å². The standard InChI is InChI=1S/C16H22BrNO/c1-2-6-16(7-8-16)11-18-14-5-9-19-15-4-3-12(17)10-13(14)15/h3-4,10,14,18H,2,5-9,11H2,1H3. The predicted molar refractivity (Wildman–Crippen MR) is 81.6 cm³/mol. The summed E-state index contributed by atoms with van der Waals surface area (Å²) in [5, 5.41) is 3.79. The maximum Gasteiger partial charge on any atom is 0.124 e. The van der Waals surface area contributed by atoms with Gasteiger partial charge >= 0.3 is 0 Å². The number of fused-ring (bicyclic) bond motifs is 1. The van der Waals surface area contributed by atoms with Crippen molar-refractivity contribution < 1.29 is 4.74 Å². The van der Waals surface area contributed by atoms with Crippen molar-refractivity contribution in [2.24, 2.45) is 5.41 Å². The number of halogens is 1. The first-order valence-electron chi connectivity index (χ1n) is 7.38. The van der Waals surface area contributed by atoms with E-state index in [-0.39, 0.29) is 0 Å². The summed E-state index contributed by atoms with van der Waals surface area (Å²) in [5.41, 5.74) is 1.92. The predicted octanol–water partition coefficient (Wildman–Crippen LogP) is 4.44. The SMILES string of the molecule is CCCC1(CNC2CCOc3ccc(Br)cc32)CC1. The van der Waals surface area contributed by atoms with Gasteiger partial charge in [-0.05, 0) is 42.9 Å². The van der Waals surface area contributed by atoms with Crippen LogP contribution in [0.1, 0.15) is 50.6 Å². The average Bonchev–Trinajstić information content (AvgIpc) is 3.17. The van der Waals surface area contributed by atoms with E-state index in [0.717, 1.165) is 29.8 Å². The lowest BCUT2D eigenvalue weighted by Crippen LogP contribution is -2.31. The van der Waals surface area contributed by atoms with E-state index in [4.69, 9.17) is 4.74 Å². The zero-order valence-corrected chi connectivity index (χ0v) is 13.1. The Morgan fingerprint density at radius 2 is 2.26 bits per heavy atom. The quantitative estimate of drug-likeness (QED) is 0.864. The van der Waals surface area contributed by atoms with Crippen molar-refractivity contribution in [1.29, 1.82) is 0 Å². The number of rotatable bonds is 5. The van der Waals surface area contributed by atoms with E-state index in [1.165, 1.54) is 31.2 Å². The normalized spacial score (nSPS) is 23.6. The molecule has 0 saturated heterocycles. The van der Waals surface area contributed by atoms with Gasteiger partial charge in [0.25, 0.3) is 0 Å². The van der Waals surface area contributed by atoms with E-state index in [1.54, 1.807) is 0 Å². The van der Waals surface area contributed by atoms with E-state index in [1.807, 2.05) is 0 Å². The van der Waals surface area contributed by atoms with E-state index >= 15 is 0 Å². The monoisotopic (exact) mass is 323 g/mol. The minimum atomic E-state index is 0.454. The molecule has 3 rings (SSSR count). The van der Waals surface area contributed by atoms with Crippen LogP contribution in [0.4, 0.5) is 0 Å². The van der Waals surface area contributed by atoms with E-state index in [2.05, 4.69) is 46.4 Å². The molecule has 1 unspecified atom stereocenters. The van der Waals surface area contributed by atoms with E-state index in [0.29, 0.717) is 11.5 Å². The molecule has 0 aromatic heterocycles. The number of benzene rings is 1. The molecule has 0 amide bonds. The summed E-state index contributed by atoms with van der Waals surface area (Å²) in [7, 11) is 0. The molecule has 1 N–H and O–H groups in total. The molecule has 3 heteroatoms. The lowest BCUT2D eigenvalue weighted by molar-refractivity contribution is 0.245. The van der Waals surface area contributed by atoms with Crippen molar-refractivity contribution in [3.63, 3.8) is 0 Å². The molecule has 19 heavy (non-hydrogen) atoms. The molecule has 1 aliphatic carbocycles. The molecule has 2 nitrogen and oxygen atoms in total. The highest BCUT2D eigenvalue weighted by molar-refractivity contribution is 9.10. The van der Waals surface area contributed by atoms with Gasteiger partial charge in [-0.3, -0.25) is 0 Å². The minimum Gasteiger partial charge on any atom is -0.493 e. The molecular weight excluding hydrogens is 302 g/mol. The largest absolute Gasteiger partial charge is 0.493 e. The van der Waals surface area contributed by atoms with E-state index < -0.39 is 0 Å². The summed E-state index contributed by atoms with van der Waals surface area (Å²) >= 11 is 3.56. The van der Waals surface area contributed by atoms with E-state index in [9.17, 15) is 0 Å². The molecule has 1 aromatic carbocycles. The molecule has 1 aliphatic heterocycles. The van der Waals surface area contributed by atoms with Crippen LogP contribution in [0.5, 0.6) is 5.75 Å². The van der Waals surface area contributed by atoms with Crippen molar-refractivity contribution in [2.45, 2.75) is 45.1 Å². The average molecular weight is 324 g/mol. The lowest BCUT2D eigenvalue weighted by Gasteiger charge is -2.28. The highest BCUT2D eigenvalue weighted by atomic mass is 79.9. The first-order chi connectivity index (χ1) is 9.22. The summed E-state index contributed by atoms with van der Waals surface area (Å²) in [6.45, 7) is 4.28. The van der Waals surface area contributed by atoms with Crippen LogP contribution < -0.4 is 10.1 Å². The Morgan fingerprint density at radius 1 is 1.42 bits per heavy atom. The van der Waals surface area contributed by atoms with Gasteiger partial charge in [0.2, 0.25) is 0 Å². The van der Waals surface area contributed by atoms with Gasteiger partial charge in [-0.15, -0.1) is 0 Å². The second-order valence-corrected chi connectivity index (χ2v) is 6.92. The maximum atomic E-state index is 5.74. The summed E-state index contributed by atoms with van der Waals surface area (Å²) < 4.78 is 6.88. The number of hydrogen-bond acceptors (Lipinski definition) is 2. The minimum absolute atomic E-state index is 0.454. The second-order valence-electron chi connectivity index (χ2n) is 6.00. The molecule has 0 radical (unpaired) electrons. The molecule has 1 atom stereocenters. The Hall–Kier alpha value is -0.540. The Kier molecular flexibility index (Phi) is 3.86. The molecule has 1 heterocycles. The smallest absolute Gasteiger partial charge is 0.124 e. The van der Waals surface area contributed by atoms with Crippen LogP contribution in [0, 0.1) is 5.41 Å². The first-order valence-corrected chi connectivity index (χ1v) is 8.17. The van der Waals surface area contributed by atoms with Gasteiger partial charge in [-0.1, -0.05) is 29.3 Å². The Morgan fingerprint density at radius 3 is 3.00 bits per heavy atom. The molecule has 1 saturated carbocycles. The third kappa shape index (κ3) is 2.97. The van der Waals surface area contributed by atoms with Crippen LogP contribution in [-0.2, 0) is 0 Å². The second kappa shape index (κ2) is 5.45. The number of hydrogen-bond donors (Lipinski definition) is 1. The number of nitrogens with one attached hydrogen (secondary N) is 1. The van der Waals surface area contributed by atoms with Crippen LogP contribution in [-0.4, -0.2) is 13.2 Å². The maximum absolute atomic E-state index is 5.74. The first kappa shape index (κ1) is 13.4. The topological polar surface area (TPSA) is 21.3 Å². The van der Waals surface area contributed by atoms with Crippen LogP contribution in [0.2, 0.25) is 0 Å². The van der Waals surface area contributed by atoms with Crippen molar-refractivity contribution in [1.82, 2.24) is 5.32 Å². The van der Waals surface area contributed by atoms with Gasteiger partial charge in [-0.25, -0.2) is 0 Å². The summed E-state index contributed by atoms with van der Waals surface area (Å²) in [6, 6.07) is 6.79. The van der Waals surface area contributed by atoms with Crippen molar-refractivity contribution in [2.75, 3.05) is 13.2 Å².